The Balaban J connectivity index is 1.63. The van der Waals surface area contributed by atoms with Gasteiger partial charge in [0, 0.05) is 54.2 Å². The summed E-state index contributed by atoms with van der Waals surface area (Å²) in [5, 5.41) is 11.5. The SMILES string of the molecule is CCc1cc(OCOCC[Si](C)(C)C)c(F)cc1-c1cc2c(c(NCc3ccccc3N(C)S(C)(=O)=O)n1)c(C(=O)Nc1ccc(C)nc1)nn2COCC[Si](C)(C)C. The number of pyridine rings is 2. The first-order chi connectivity index (χ1) is 27.7. The van der Waals surface area contributed by atoms with Gasteiger partial charge in [0.15, 0.2) is 24.1 Å². The maximum absolute atomic E-state index is 15.9. The van der Waals surface area contributed by atoms with Crippen LogP contribution < -0.4 is 19.7 Å². The number of carbonyl (C=O) groups excluding carboxylic acids is 1. The number of fused-ring (bicyclic) bond motifs is 1. The number of aryl methyl sites for hydroxylation is 2. The van der Waals surface area contributed by atoms with Gasteiger partial charge in [-0.05, 0) is 73.0 Å². The van der Waals surface area contributed by atoms with Crippen molar-refractivity contribution in [1.82, 2.24) is 19.7 Å². The normalized spacial score (nSPS) is 12.2. The third-order valence-corrected chi connectivity index (χ3v) is 14.3. The molecule has 3 aromatic heterocycles. The maximum atomic E-state index is 15.9. The van der Waals surface area contributed by atoms with Crippen molar-refractivity contribution in [3.05, 3.63) is 89.1 Å². The van der Waals surface area contributed by atoms with Gasteiger partial charge >= 0.3 is 0 Å². The second-order valence-corrected chi connectivity index (χ2v) is 30.3. The summed E-state index contributed by atoms with van der Waals surface area (Å²) < 4.78 is 61.6. The smallest absolute Gasteiger partial charge is 0.276 e. The van der Waals surface area contributed by atoms with Gasteiger partial charge in [0.1, 0.15) is 12.5 Å². The van der Waals surface area contributed by atoms with Crippen LogP contribution in [0.5, 0.6) is 5.75 Å². The van der Waals surface area contributed by atoms with E-state index in [4.69, 9.17) is 24.3 Å². The number of hydrogen-bond acceptors (Lipinski definition) is 10. The Labute approximate surface area is 349 Å². The fourth-order valence-corrected chi connectivity index (χ4v) is 8.13. The van der Waals surface area contributed by atoms with Gasteiger partial charge in [0.25, 0.3) is 5.91 Å². The van der Waals surface area contributed by atoms with Crippen molar-refractivity contribution < 1.29 is 31.8 Å². The predicted molar refractivity (Wildman–Crippen MR) is 240 cm³/mol. The van der Waals surface area contributed by atoms with Crippen LogP contribution in [0.3, 0.4) is 0 Å². The van der Waals surface area contributed by atoms with E-state index in [1.54, 1.807) is 47.3 Å². The lowest BCUT2D eigenvalue weighted by atomic mass is 10.00. The van der Waals surface area contributed by atoms with Crippen LogP contribution in [0.15, 0.2) is 60.8 Å². The monoisotopic (exact) mass is 863 g/mol. The molecule has 2 aromatic carbocycles. The number of carbonyl (C=O) groups is 1. The molecule has 3 heterocycles. The molecule has 17 heteroatoms. The van der Waals surface area contributed by atoms with E-state index < -0.39 is 37.9 Å². The minimum Gasteiger partial charge on any atom is -0.464 e. The summed E-state index contributed by atoms with van der Waals surface area (Å²) in [6.07, 6.45) is 3.25. The van der Waals surface area contributed by atoms with E-state index >= 15 is 4.39 Å². The molecule has 13 nitrogen and oxygen atoms in total. The molecule has 59 heavy (non-hydrogen) atoms. The van der Waals surface area contributed by atoms with E-state index in [1.165, 1.54) is 17.4 Å². The van der Waals surface area contributed by atoms with Crippen LogP contribution >= 0.6 is 0 Å². The lowest BCUT2D eigenvalue weighted by Crippen LogP contribution is -2.26. The quantitative estimate of drug-likeness (QED) is 0.0442. The first-order valence-electron chi connectivity index (χ1n) is 19.8. The van der Waals surface area contributed by atoms with E-state index in [0.29, 0.717) is 58.7 Å². The number of hydrogen-bond donors (Lipinski definition) is 2. The Morgan fingerprint density at radius 1 is 0.949 bits per heavy atom. The zero-order valence-corrected chi connectivity index (χ0v) is 38.7. The highest BCUT2D eigenvalue weighted by Gasteiger charge is 2.26. The molecule has 2 N–H and O–H groups in total. The van der Waals surface area contributed by atoms with Crippen molar-refractivity contribution in [2.45, 2.75) is 84.9 Å². The van der Waals surface area contributed by atoms with Crippen molar-refractivity contribution >= 4 is 60.2 Å². The number of anilines is 3. The van der Waals surface area contributed by atoms with E-state index in [9.17, 15) is 13.2 Å². The van der Waals surface area contributed by atoms with Gasteiger partial charge in [-0.25, -0.2) is 22.5 Å². The lowest BCUT2D eigenvalue weighted by molar-refractivity contribution is 0.0197. The topological polar surface area (TPSA) is 150 Å². The predicted octanol–water partition coefficient (Wildman–Crippen LogP) is 8.77. The Bertz CT molecular complexity index is 2360. The Morgan fingerprint density at radius 2 is 1.64 bits per heavy atom. The molecule has 0 aliphatic rings. The highest BCUT2D eigenvalue weighted by atomic mass is 32.2. The van der Waals surface area contributed by atoms with Gasteiger partial charge in [0.05, 0.1) is 40.4 Å². The average molecular weight is 864 g/mol. The molecule has 318 valence electrons. The average Bonchev–Trinajstić information content (AvgIpc) is 3.54. The molecular weight excluding hydrogens is 806 g/mol. The number of nitrogens with zero attached hydrogens (tertiary/aromatic N) is 5. The third kappa shape index (κ3) is 12.4. The molecule has 0 unspecified atom stereocenters. The van der Waals surface area contributed by atoms with E-state index in [2.05, 4.69) is 54.9 Å². The summed E-state index contributed by atoms with van der Waals surface area (Å²) in [4.78, 5) is 23.5. The number of aromatic nitrogens is 4. The number of nitrogens with one attached hydrogen (secondary N) is 2. The van der Waals surface area contributed by atoms with Gasteiger partial charge in [0.2, 0.25) is 10.0 Å². The summed E-state index contributed by atoms with van der Waals surface area (Å²) in [5.41, 5.74) is 4.76. The van der Waals surface area contributed by atoms with Gasteiger partial charge in [-0.3, -0.25) is 14.1 Å². The highest BCUT2D eigenvalue weighted by molar-refractivity contribution is 7.92. The van der Waals surface area contributed by atoms with Crippen LogP contribution in [0.25, 0.3) is 22.2 Å². The molecule has 0 spiro atoms. The van der Waals surface area contributed by atoms with Crippen molar-refractivity contribution in [3.63, 3.8) is 0 Å². The van der Waals surface area contributed by atoms with E-state index in [-0.39, 0.29) is 37.3 Å². The molecule has 5 aromatic rings. The first-order valence-corrected chi connectivity index (χ1v) is 29.0. The second-order valence-electron chi connectivity index (χ2n) is 17.1. The summed E-state index contributed by atoms with van der Waals surface area (Å²) in [7, 11) is -4.81. The summed E-state index contributed by atoms with van der Waals surface area (Å²) in [6, 6.07) is 17.4. The van der Waals surface area contributed by atoms with Crippen molar-refractivity contribution in [1.29, 1.82) is 0 Å². The molecule has 0 aliphatic heterocycles. The first kappa shape index (κ1) is 45.4. The molecule has 0 radical (unpaired) electrons. The lowest BCUT2D eigenvalue weighted by Gasteiger charge is -2.21. The Morgan fingerprint density at radius 3 is 2.29 bits per heavy atom. The van der Waals surface area contributed by atoms with Crippen LogP contribution in [0.4, 0.5) is 21.6 Å². The molecule has 0 saturated heterocycles. The number of halogens is 1. The van der Waals surface area contributed by atoms with Crippen molar-refractivity contribution in [2.24, 2.45) is 0 Å². The van der Waals surface area contributed by atoms with Crippen molar-refractivity contribution in [3.8, 4) is 17.0 Å². The van der Waals surface area contributed by atoms with Crippen LogP contribution in [-0.2, 0) is 39.2 Å². The summed E-state index contributed by atoms with van der Waals surface area (Å²) in [6.45, 7) is 18.6. The van der Waals surface area contributed by atoms with Crippen LogP contribution in [-0.4, -0.2) is 83.5 Å². The maximum Gasteiger partial charge on any atom is 0.276 e. The number of ether oxygens (including phenoxy) is 3. The van der Waals surface area contributed by atoms with Crippen molar-refractivity contribution in [2.75, 3.05) is 48.2 Å². The number of para-hydroxylation sites is 1. The zero-order chi connectivity index (χ0) is 43.1. The van der Waals surface area contributed by atoms with Gasteiger partial charge in [-0.2, -0.15) is 5.10 Å². The third-order valence-electron chi connectivity index (χ3n) is 9.71. The van der Waals surface area contributed by atoms with E-state index in [0.717, 1.165) is 29.6 Å². The number of amides is 1. The summed E-state index contributed by atoms with van der Waals surface area (Å²) in [5.74, 6) is -0.705. The number of rotatable bonds is 20. The molecule has 0 fully saturated rings. The molecule has 0 atom stereocenters. The molecule has 0 saturated carbocycles. The molecule has 0 bridgehead atoms. The molecule has 5 rings (SSSR count). The summed E-state index contributed by atoms with van der Waals surface area (Å²) >= 11 is 0. The Hall–Kier alpha value is -4.69. The fraction of sp³-hybridized carbons (Fsp3) is 0.429. The van der Waals surface area contributed by atoms with Crippen LogP contribution in [0.1, 0.15) is 34.2 Å². The Kier molecular flexibility index (Phi) is 14.7. The second kappa shape index (κ2) is 19.1. The fourth-order valence-electron chi connectivity index (χ4n) is 6.08. The molecule has 0 aliphatic carbocycles. The van der Waals surface area contributed by atoms with Gasteiger partial charge in [-0.15, -0.1) is 0 Å². The largest absolute Gasteiger partial charge is 0.464 e. The van der Waals surface area contributed by atoms with E-state index in [1.807, 2.05) is 26.0 Å². The van der Waals surface area contributed by atoms with Crippen LogP contribution in [0, 0.1) is 12.7 Å². The molecular formula is C42H58FN7O6SSi2. The molecule has 1 amide bonds. The van der Waals surface area contributed by atoms with Crippen LogP contribution in [0.2, 0.25) is 51.4 Å². The minimum absolute atomic E-state index is 0.0463. The highest BCUT2D eigenvalue weighted by Crippen LogP contribution is 2.36. The number of sulfonamides is 1. The van der Waals surface area contributed by atoms with Gasteiger partial charge in [-0.1, -0.05) is 64.4 Å². The minimum atomic E-state index is -3.58. The number of benzene rings is 2. The zero-order valence-electron chi connectivity index (χ0n) is 35.9. The standard InChI is InChI=1S/C42H58FN7O6SSi2/c1-11-30-22-38(56-28-55-19-21-59(8,9)10)34(43)23-33(30)35-24-37-39(41(47-35)45-25-31-14-12-13-15-36(31)49(3)57(4,52)53)40(42(51)46-32-17-16-29(2)44-26-32)48-50(37)27-54-18-20-58(5,6)7/h12-17,22-24,26H,11,18-21,25,27-28H2,1-10H3,(H,45,47)(H,46,51). The van der Waals surface area contributed by atoms with Gasteiger partial charge < -0.3 is 24.8 Å².